The predicted molar refractivity (Wildman–Crippen MR) is 103 cm³/mol. The highest BCUT2D eigenvalue weighted by molar-refractivity contribution is 6.26. The van der Waals surface area contributed by atoms with Crippen LogP contribution in [-0.4, -0.2) is 30.3 Å². The summed E-state index contributed by atoms with van der Waals surface area (Å²) in [4.78, 5) is 23.4. The zero-order valence-corrected chi connectivity index (χ0v) is 14.7. The molecule has 0 radical (unpaired) electrons. The molecule has 0 aliphatic carbocycles. The van der Waals surface area contributed by atoms with Gasteiger partial charge in [-0.3, -0.25) is 9.59 Å². The summed E-state index contributed by atoms with van der Waals surface area (Å²) in [5.41, 5.74) is 7.72. The van der Waals surface area contributed by atoms with Gasteiger partial charge < -0.3 is 4.74 Å². The average Bonchev–Trinajstić information content (AvgIpc) is 3.00. The highest BCUT2D eigenvalue weighted by Gasteiger charge is 2.18. The van der Waals surface area contributed by atoms with Gasteiger partial charge in [0.1, 0.15) is 5.75 Å². The van der Waals surface area contributed by atoms with Crippen LogP contribution in [0, 0.1) is 0 Å². The fourth-order valence-corrected chi connectivity index (χ4v) is 2.32. The van der Waals surface area contributed by atoms with Crippen LogP contribution in [0.25, 0.3) is 6.08 Å². The third-order valence-corrected chi connectivity index (χ3v) is 3.72. The Morgan fingerprint density at radius 1 is 1.15 bits per heavy atom. The molecule has 3 rings (SSSR count). The van der Waals surface area contributed by atoms with Crippen molar-refractivity contribution in [2.24, 2.45) is 10.2 Å². The Balaban J connectivity index is 1.49. The van der Waals surface area contributed by atoms with Gasteiger partial charge in [0.2, 0.25) is 0 Å². The molecule has 1 aliphatic rings. The molecular formula is C20H18N4O3. The van der Waals surface area contributed by atoms with Gasteiger partial charge in [-0.25, -0.2) is 10.9 Å². The number of nitrogens with one attached hydrogen (secondary N) is 2. The average molecular weight is 362 g/mol. The first-order chi connectivity index (χ1) is 13.1. The lowest BCUT2D eigenvalue weighted by atomic mass is 10.1. The van der Waals surface area contributed by atoms with Gasteiger partial charge in [-0.2, -0.15) is 10.2 Å². The molecule has 0 fully saturated rings. The van der Waals surface area contributed by atoms with E-state index in [2.05, 4.69) is 21.1 Å². The Labute approximate surface area is 156 Å². The fourth-order valence-electron chi connectivity index (χ4n) is 2.32. The van der Waals surface area contributed by atoms with Crippen LogP contribution >= 0.6 is 0 Å². The molecular weight excluding hydrogens is 344 g/mol. The Hall–Kier alpha value is -3.74. The largest absolute Gasteiger partial charge is 0.484 e. The lowest BCUT2D eigenvalue weighted by Gasteiger charge is -2.05. The molecule has 0 atom stereocenters. The second-order valence-corrected chi connectivity index (χ2v) is 5.76. The number of hydrogen-bond donors (Lipinski definition) is 2. The number of nitrogens with zero attached hydrogens (tertiary/aromatic N) is 2. The molecule has 0 unspecified atom stereocenters. The maximum atomic E-state index is 11.8. The topological polar surface area (TPSA) is 92.1 Å². The van der Waals surface area contributed by atoms with Crippen molar-refractivity contribution >= 4 is 29.8 Å². The van der Waals surface area contributed by atoms with E-state index in [1.54, 1.807) is 43.5 Å². The lowest BCUT2D eigenvalue weighted by molar-refractivity contribution is -0.123. The SMILES string of the molecule is CC1=NNC(=O)/C1=C\c1ccc(OCC(=O)N/N=C/c2ccccc2)cc1. The molecule has 7 nitrogen and oxygen atoms in total. The van der Waals surface area contributed by atoms with Gasteiger partial charge in [-0.15, -0.1) is 0 Å². The Morgan fingerprint density at radius 2 is 1.89 bits per heavy atom. The standard InChI is InChI=1S/C20H18N4O3/c1-14-18(20(26)24-22-14)11-15-7-9-17(10-8-15)27-13-19(25)23-21-12-16-5-3-2-4-6-16/h2-12H,13H2,1H3,(H,23,25)(H,24,26)/b18-11-,21-12+. The van der Waals surface area contributed by atoms with Crippen LogP contribution in [-0.2, 0) is 9.59 Å². The zero-order chi connectivity index (χ0) is 19.1. The molecule has 136 valence electrons. The van der Waals surface area contributed by atoms with Gasteiger partial charge in [-0.1, -0.05) is 42.5 Å². The summed E-state index contributed by atoms with van der Waals surface area (Å²) < 4.78 is 5.43. The van der Waals surface area contributed by atoms with Gasteiger partial charge in [-0.05, 0) is 36.3 Å². The van der Waals surface area contributed by atoms with Crippen LogP contribution in [0.4, 0.5) is 0 Å². The molecule has 2 aromatic carbocycles. The summed E-state index contributed by atoms with van der Waals surface area (Å²) >= 11 is 0. The molecule has 0 aromatic heterocycles. The molecule has 2 aromatic rings. The van der Waals surface area contributed by atoms with E-state index in [1.165, 1.54) is 0 Å². The van der Waals surface area contributed by atoms with Gasteiger partial charge in [0.15, 0.2) is 6.61 Å². The van der Waals surface area contributed by atoms with Crippen molar-refractivity contribution in [3.63, 3.8) is 0 Å². The van der Waals surface area contributed by atoms with E-state index in [0.717, 1.165) is 11.1 Å². The Bertz CT molecular complexity index is 916. The van der Waals surface area contributed by atoms with Crippen LogP contribution in [0.15, 0.2) is 70.4 Å². The minimum atomic E-state index is -0.358. The smallest absolute Gasteiger partial charge is 0.277 e. The zero-order valence-electron chi connectivity index (χ0n) is 14.7. The monoisotopic (exact) mass is 362 g/mol. The predicted octanol–water partition coefficient (Wildman–Crippen LogP) is 2.10. The van der Waals surface area contributed by atoms with Crippen molar-refractivity contribution in [2.45, 2.75) is 6.92 Å². The van der Waals surface area contributed by atoms with Gasteiger partial charge in [0.25, 0.3) is 11.8 Å². The molecule has 27 heavy (non-hydrogen) atoms. The third-order valence-electron chi connectivity index (χ3n) is 3.72. The molecule has 1 aliphatic heterocycles. The molecule has 0 saturated heterocycles. The summed E-state index contributed by atoms with van der Waals surface area (Å²) in [6.45, 7) is 1.61. The first-order valence-corrected chi connectivity index (χ1v) is 8.28. The number of hydrazone groups is 2. The Kier molecular flexibility index (Phi) is 5.73. The van der Waals surface area contributed by atoms with E-state index in [4.69, 9.17) is 4.74 Å². The molecule has 1 heterocycles. The highest BCUT2D eigenvalue weighted by Crippen LogP contribution is 2.16. The van der Waals surface area contributed by atoms with E-state index in [0.29, 0.717) is 17.0 Å². The normalized spacial score (nSPS) is 14.9. The van der Waals surface area contributed by atoms with Crippen LogP contribution in [0.2, 0.25) is 0 Å². The van der Waals surface area contributed by atoms with Gasteiger partial charge in [0.05, 0.1) is 17.5 Å². The van der Waals surface area contributed by atoms with Crippen LogP contribution in [0.3, 0.4) is 0 Å². The minimum Gasteiger partial charge on any atom is -0.484 e. The first kappa shape index (κ1) is 18.1. The number of amides is 2. The third kappa shape index (κ3) is 5.12. The summed E-state index contributed by atoms with van der Waals surface area (Å²) in [7, 11) is 0. The number of ether oxygens (including phenoxy) is 1. The van der Waals surface area contributed by atoms with E-state index < -0.39 is 0 Å². The summed E-state index contributed by atoms with van der Waals surface area (Å²) in [5, 5.41) is 7.75. The molecule has 0 spiro atoms. The molecule has 2 amide bonds. The molecule has 0 bridgehead atoms. The summed E-state index contributed by atoms with van der Waals surface area (Å²) in [6.07, 6.45) is 3.31. The maximum Gasteiger partial charge on any atom is 0.277 e. The quantitative estimate of drug-likeness (QED) is 0.468. The first-order valence-electron chi connectivity index (χ1n) is 8.28. The Morgan fingerprint density at radius 3 is 2.56 bits per heavy atom. The van der Waals surface area contributed by atoms with E-state index in [-0.39, 0.29) is 18.4 Å². The van der Waals surface area contributed by atoms with Crippen LogP contribution in [0.5, 0.6) is 5.75 Å². The van der Waals surface area contributed by atoms with Crippen molar-refractivity contribution in [1.29, 1.82) is 0 Å². The van der Waals surface area contributed by atoms with E-state index in [9.17, 15) is 9.59 Å². The van der Waals surface area contributed by atoms with Crippen LogP contribution in [0.1, 0.15) is 18.1 Å². The van der Waals surface area contributed by atoms with Gasteiger partial charge >= 0.3 is 0 Å². The second kappa shape index (κ2) is 8.57. The molecule has 2 N–H and O–H groups in total. The number of rotatable bonds is 6. The van der Waals surface area contributed by atoms with E-state index >= 15 is 0 Å². The summed E-state index contributed by atoms with van der Waals surface area (Å²) in [6, 6.07) is 16.5. The van der Waals surface area contributed by atoms with Crippen molar-refractivity contribution in [3.8, 4) is 5.75 Å². The highest BCUT2D eigenvalue weighted by atomic mass is 16.5. The van der Waals surface area contributed by atoms with Crippen LogP contribution < -0.4 is 15.6 Å². The van der Waals surface area contributed by atoms with Crippen molar-refractivity contribution in [1.82, 2.24) is 10.9 Å². The second-order valence-electron chi connectivity index (χ2n) is 5.76. The van der Waals surface area contributed by atoms with Crippen molar-refractivity contribution in [3.05, 3.63) is 71.3 Å². The number of benzene rings is 2. The van der Waals surface area contributed by atoms with Crippen molar-refractivity contribution < 1.29 is 14.3 Å². The number of hydrogen-bond acceptors (Lipinski definition) is 5. The molecule has 0 saturated carbocycles. The molecule has 7 heteroatoms. The maximum absolute atomic E-state index is 11.8. The van der Waals surface area contributed by atoms with Crippen molar-refractivity contribution in [2.75, 3.05) is 6.61 Å². The van der Waals surface area contributed by atoms with E-state index in [1.807, 2.05) is 30.3 Å². The number of carbonyl (C=O) groups excluding carboxylic acids is 2. The lowest BCUT2D eigenvalue weighted by Crippen LogP contribution is -2.24. The fraction of sp³-hybridized carbons (Fsp3) is 0.100. The summed E-state index contributed by atoms with van der Waals surface area (Å²) in [5.74, 6) is -0.0380. The number of carbonyl (C=O) groups is 2. The van der Waals surface area contributed by atoms with Gasteiger partial charge in [0, 0.05) is 0 Å². The minimum absolute atomic E-state index is 0.152.